The Morgan fingerprint density at radius 1 is 1.08 bits per heavy atom. The summed E-state index contributed by atoms with van der Waals surface area (Å²) in [6, 6.07) is 8.30. The molecule has 1 N–H and O–H groups in total. The molecule has 0 aromatic carbocycles. The molecule has 2 aliphatic carbocycles. The molecular weight excluding hydrogens is 657 g/mol. The van der Waals surface area contributed by atoms with Crippen LogP contribution in [0.4, 0.5) is 5.82 Å². The topological polar surface area (TPSA) is 133 Å². The molecule has 8 heterocycles. The molecule has 12 heteroatoms. The van der Waals surface area contributed by atoms with Gasteiger partial charge in [0.2, 0.25) is 11.8 Å². The normalized spacial score (nSPS) is 25.3. The maximum absolute atomic E-state index is 14.2. The Morgan fingerprint density at radius 2 is 1.94 bits per heavy atom. The van der Waals surface area contributed by atoms with Gasteiger partial charge in [-0.25, -0.2) is 13.4 Å². The molecule has 2 saturated heterocycles. The van der Waals surface area contributed by atoms with Crippen LogP contribution in [0.15, 0.2) is 46.0 Å². The lowest BCUT2D eigenvalue weighted by molar-refractivity contribution is -0.117. The van der Waals surface area contributed by atoms with Crippen molar-refractivity contribution in [1.29, 1.82) is 0 Å². The van der Waals surface area contributed by atoms with Crippen molar-refractivity contribution in [3.05, 3.63) is 65.2 Å². The van der Waals surface area contributed by atoms with Crippen molar-refractivity contribution in [2.24, 2.45) is 11.3 Å². The third kappa shape index (κ3) is 5.29. The van der Waals surface area contributed by atoms with Crippen molar-refractivity contribution in [1.82, 2.24) is 25.1 Å². The van der Waals surface area contributed by atoms with Crippen LogP contribution in [0.2, 0.25) is 0 Å². The van der Waals surface area contributed by atoms with E-state index in [0.717, 1.165) is 83.7 Å². The predicted molar refractivity (Wildman–Crippen MR) is 188 cm³/mol. The molecule has 0 amide bonds. The summed E-state index contributed by atoms with van der Waals surface area (Å²) in [6.07, 6.45) is 12.0. The van der Waals surface area contributed by atoms with Crippen LogP contribution >= 0.6 is 11.3 Å². The Morgan fingerprint density at radius 3 is 2.69 bits per heavy atom. The molecule has 0 radical (unpaired) electrons. The van der Waals surface area contributed by atoms with Gasteiger partial charge in [-0.1, -0.05) is 19.9 Å². The average Bonchev–Trinajstić information content (AvgIpc) is 3.89. The van der Waals surface area contributed by atoms with Crippen LogP contribution in [-0.4, -0.2) is 52.0 Å². The van der Waals surface area contributed by atoms with Gasteiger partial charge in [-0.2, -0.15) is 0 Å². The molecule has 2 atom stereocenters. The number of nitrogens with one attached hydrogen (secondary N) is 1. The SMILES string of the molecule is Cc1nnc(-c2c(CCC34CCC(CC3)OC4)nc3c(c2-c2cc4ccnc(NC5CCc6ncccc65)c4s2)S(=O)(=O)C[C@@H]3C(C)C)o1. The van der Waals surface area contributed by atoms with Gasteiger partial charge in [-0.05, 0) is 91.8 Å². The molecule has 5 aromatic rings. The molecule has 1 saturated carbocycles. The molecule has 5 aromatic heterocycles. The van der Waals surface area contributed by atoms with Crippen LogP contribution in [0.3, 0.4) is 0 Å². The lowest BCUT2D eigenvalue weighted by atomic mass is 9.68. The molecule has 0 spiro atoms. The van der Waals surface area contributed by atoms with Gasteiger partial charge in [0.05, 0.1) is 51.1 Å². The minimum Gasteiger partial charge on any atom is -0.421 e. The summed E-state index contributed by atoms with van der Waals surface area (Å²) in [7, 11) is -3.67. The van der Waals surface area contributed by atoms with E-state index in [1.54, 1.807) is 18.3 Å². The highest BCUT2D eigenvalue weighted by Gasteiger charge is 2.45. The fourth-order valence-corrected chi connectivity index (χ4v) is 12.0. The molecule has 2 bridgehead atoms. The molecular formula is C37H40N6O4S2. The highest BCUT2D eigenvalue weighted by molar-refractivity contribution is 7.92. The van der Waals surface area contributed by atoms with Gasteiger partial charge in [0.25, 0.3) is 0 Å². The van der Waals surface area contributed by atoms with Crippen molar-refractivity contribution < 1.29 is 17.6 Å². The summed E-state index contributed by atoms with van der Waals surface area (Å²) in [5.41, 5.74) is 5.20. The summed E-state index contributed by atoms with van der Waals surface area (Å²) in [5, 5.41) is 13.4. The van der Waals surface area contributed by atoms with Crippen molar-refractivity contribution in [3.63, 3.8) is 0 Å². The zero-order valence-electron chi connectivity index (χ0n) is 28.0. The molecule has 10 nitrogen and oxygen atoms in total. The second kappa shape index (κ2) is 11.7. The molecule has 49 heavy (non-hydrogen) atoms. The Hall–Kier alpha value is -3.74. The first-order valence-corrected chi connectivity index (χ1v) is 20.0. The lowest BCUT2D eigenvalue weighted by Crippen LogP contribution is -2.42. The lowest BCUT2D eigenvalue weighted by Gasteiger charge is -2.46. The Kier molecular flexibility index (Phi) is 7.44. The van der Waals surface area contributed by atoms with E-state index in [0.29, 0.717) is 46.0 Å². The quantitative estimate of drug-likeness (QED) is 0.173. The van der Waals surface area contributed by atoms with Crippen molar-refractivity contribution in [2.45, 2.75) is 95.1 Å². The minimum absolute atomic E-state index is 0.0410. The Balaban J connectivity index is 1.22. The van der Waals surface area contributed by atoms with Crippen LogP contribution in [0.5, 0.6) is 0 Å². The summed E-state index contributed by atoms with van der Waals surface area (Å²) in [4.78, 5) is 15.8. The van der Waals surface area contributed by atoms with E-state index in [1.165, 1.54) is 5.56 Å². The molecule has 5 aliphatic rings. The molecule has 254 valence electrons. The molecule has 1 unspecified atom stereocenters. The van der Waals surface area contributed by atoms with Crippen LogP contribution in [0, 0.1) is 18.3 Å². The van der Waals surface area contributed by atoms with Gasteiger partial charge >= 0.3 is 0 Å². The largest absolute Gasteiger partial charge is 0.421 e. The van der Waals surface area contributed by atoms with Crippen LogP contribution < -0.4 is 5.32 Å². The van der Waals surface area contributed by atoms with E-state index >= 15 is 0 Å². The van der Waals surface area contributed by atoms with E-state index in [4.69, 9.17) is 19.1 Å². The smallest absolute Gasteiger partial charge is 0.250 e. The molecule has 3 fully saturated rings. The molecule has 10 rings (SSSR count). The maximum Gasteiger partial charge on any atom is 0.250 e. The van der Waals surface area contributed by atoms with Crippen molar-refractivity contribution >= 4 is 37.1 Å². The number of anilines is 1. The third-order valence-electron chi connectivity index (χ3n) is 11.3. The average molecular weight is 697 g/mol. The maximum atomic E-state index is 14.2. The zero-order chi connectivity index (χ0) is 33.5. The van der Waals surface area contributed by atoms with Crippen LogP contribution in [0.25, 0.3) is 32.0 Å². The standard InChI is InChI=1S/C37H40N6O4S2/c1-20(2)25-18-49(44,45)34-31(29-17-22-11-16-39-35(33(22)48-29)41-27-7-6-26-24(27)5-4-15-38-26)30(36-43-42-21(3)47-36)28(40-32(25)34)10-14-37-12-8-23(9-13-37)46-19-37/h4-5,11,15-17,20,23,25,27H,6-10,12-14,18-19H2,1-3H3,(H,39,41)/t23?,25-,27?,37?/m1/s1. The van der Waals surface area contributed by atoms with E-state index in [1.807, 2.05) is 24.5 Å². The van der Waals surface area contributed by atoms with Crippen LogP contribution in [-0.2, 0) is 27.4 Å². The summed E-state index contributed by atoms with van der Waals surface area (Å²) in [5.74, 6) is 1.46. The van der Waals surface area contributed by atoms with Gasteiger partial charge in [-0.3, -0.25) is 9.97 Å². The first-order chi connectivity index (χ1) is 23.7. The number of hydrogen-bond donors (Lipinski definition) is 1. The van der Waals surface area contributed by atoms with Crippen molar-refractivity contribution in [3.8, 4) is 21.9 Å². The number of sulfone groups is 1. The van der Waals surface area contributed by atoms with E-state index in [2.05, 4.69) is 46.5 Å². The van der Waals surface area contributed by atoms with Crippen molar-refractivity contribution in [2.75, 3.05) is 17.7 Å². The first kappa shape index (κ1) is 31.3. The fraction of sp³-hybridized carbons (Fsp3) is 0.486. The van der Waals surface area contributed by atoms with E-state index < -0.39 is 9.84 Å². The van der Waals surface area contributed by atoms with E-state index in [-0.39, 0.29) is 29.0 Å². The predicted octanol–water partition coefficient (Wildman–Crippen LogP) is 7.63. The van der Waals surface area contributed by atoms with Gasteiger partial charge < -0.3 is 14.5 Å². The van der Waals surface area contributed by atoms with Crippen LogP contribution in [0.1, 0.15) is 92.9 Å². The van der Waals surface area contributed by atoms with Gasteiger partial charge in [0.15, 0.2) is 9.84 Å². The highest BCUT2D eigenvalue weighted by atomic mass is 32.2. The third-order valence-corrected chi connectivity index (χ3v) is 14.3. The number of fused-ring (bicyclic) bond motifs is 6. The summed E-state index contributed by atoms with van der Waals surface area (Å²) < 4.78 is 41.8. The number of aryl methyl sites for hydroxylation is 3. The number of aromatic nitrogens is 5. The number of thiophene rings is 1. The molecule has 3 aliphatic heterocycles. The second-order valence-electron chi connectivity index (χ2n) is 14.8. The number of ether oxygens (including phenoxy) is 1. The monoisotopic (exact) mass is 696 g/mol. The van der Waals surface area contributed by atoms with Gasteiger partial charge in [0.1, 0.15) is 5.82 Å². The van der Waals surface area contributed by atoms with Gasteiger partial charge in [0, 0.05) is 41.4 Å². The summed E-state index contributed by atoms with van der Waals surface area (Å²) >= 11 is 1.56. The number of hydrogen-bond acceptors (Lipinski definition) is 11. The van der Waals surface area contributed by atoms with Gasteiger partial charge in [-0.15, -0.1) is 21.5 Å². The summed E-state index contributed by atoms with van der Waals surface area (Å²) in [6.45, 7) is 6.71. The first-order valence-electron chi connectivity index (χ1n) is 17.5. The van der Waals surface area contributed by atoms with E-state index in [9.17, 15) is 8.42 Å². The number of pyridine rings is 3. The fourth-order valence-electron chi connectivity index (χ4n) is 8.59. The Labute approximate surface area is 290 Å². The minimum atomic E-state index is -3.67. The second-order valence-corrected chi connectivity index (χ2v) is 17.8. The number of nitrogens with zero attached hydrogens (tertiary/aromatic N) is 5. The Bertz CT molecular complexity index is 2190. The zero-order valence-corrected chi connectivity index (χ0v) is 29.7. The highest BCUT2D eigenvalue weighted by Crippen LogP contribution is 2.52. The number of rotatable bonds is 8.